The average molecular weight is 482 g/mol. The van der Waals surface area contributed by atoms with Gasteiger partial charge >= 0.3 is 0 Å². The summed E-state index contributed by atoms with van der Waals surface area (Å²) in [5.74, 6) is 0. The van der Waals surface area contributed by atoms with Crippen LogP contribution in [0.5, 0.6) is 0 Å². The zero-order chi connectivity index (χ0) is 24.0. The van der Waals surface area contributed by atoms with Crippen molar-refractivity contribution in [2.45, 2.75) is 135 Å². The van der Waals surface area contributed by atoms with Gasteiger partial charge in [0.15, 0.2) is 0 Å². The summed E-state index contributed by atoms with van der Waals surface area (Å²) < 4.78 is 34.5. The summed E-state index contributed by atoms with van der Waals surface area (Å²) >= 11 is -2.31. The quantitative estimate of drug-likeness (QED) is 0.117. The predicted molar refractivity (Wildman–Crippen MR) is 139 cm³/mol. The molecule has 0 fully saturated rings. The fourth-order valence-electron chi connectivity index (χ4n) is 4.08. The van der Waals surface area contributed by atoms with Crippen LogP contribution in [0.3, 0.4) is 0 Å². The molecule has 0 radical (unpaired) electrons. The van der Waals surface area contributed by atoms with Gasteiger partial charge in [-0.25, -0.2) is 0 Å². The topological polar surface area (TPSA) is 58.6 Å². The molecule has 0 bridgehead atoms. The Hall–Kier alpha value is -0.750. The first kappa shape index (κ1) is 30.3. The van der Waals surface area contributed by atoms with Gasteiger partial charge < -0.3 is 14.0 Å². The van der Waals surface area contributed by atoms with Crippen LogP contribution < -0.4 is 0 Å². The zero-order valence-corrected chi connectivity index (χ0v) is 22.1. The second-order valence-corrected chi connectivity index (χ2v) is 10.3. The Balaban J connectivity index is 1.93. The Labute approximate surface area is 206 Å². The molecule has 0 aliphatic carbocycles. The lowest BCUT2D eigenvalue weighted by atomic mass is 10.0. The third-order valence-electron chi connectivity index (χ3n) is 6.21. The smallest absolute Gasteiger partial charge is 0.145 e. The van der Waals surface area contributed by atoms with E-state index in [1.54, 1.807) is 6.92 Å². The highest BCUT2D eigenvalue weighted by molar-refractivity contribution is 7.79. The van der Waals surface area contributed by atoms with Crippen LogP contribution in [-0.2, 0) is 27.2 Å². The summed E-state index contributed by atoms with van der Waals surface area (Å²) in [5.41, 5.74) is 0.114. The molecule has 0 saturated carbocycles. The van der Waals surface area contributed by atoms with Crippen LogP contribution in [0.2, 0.25) is 0 Å². The molecular formula is C28H49O4S-. The van der Waals surface area contributed by atoms with Crippen LogP contribution in [-0.4, -0.2) is 26.9 Å². The summed E-state index contributed by atoms with van der Waals surface area (Å²) in [5, 5.41) is 0. The van der Waals surface area contributed by atoms with Crippen LogP contribution in [0.15, 0.2) is 30.3 Å². The van der Waals surface area contributed by atoms with Crippen molar-refractivity contribution in [1.82, 2.24) is 0 Å². The molecule has 0 amide bonds. The summed E-state index contributed by atoms with van der Waals surface area (Å²) in [6.07, 6.45) is 20.6. The van der Waals surface area contributed by atoms with Gasteiger partial charge in [0.2, 0.25) is 0 Å². The molecule has 4 nitrogen and oxygen atoms in total. The zero-order valence-electron chi connectivity index (χ0n) is 21.3. The van der Waals surface area contributed by atoms with E-state index in [1.165, 1.54) is 89.9 Å². The van der Waals surface area contributed by atoms with Crippen molar-refractivity contribution in [3.8, 4) is 0 Å². The van der Waals surface area contributed by atoms with E-state index in [4.69, 9.17) is 9.47 Å². The molecule has 0 aromatic heterocycles. The van der Waals surface area contributed by atoms with Crippen LogP contribution in [0.25, 0.3) is 0 Å². The van der Waals surface area contributed by atoms with E-state index in [1.807, 2.05) is 30.3 Å². The number of hydrogen-bond donors (Lipinski definition) is 0. The number of unbranched alkanes of at least 4 members (excludes halogenated alkanes) is 15. The van der Waals surface area contributed by atoms with Crippen molar-refractivity contribution in [2.24, 2.45) is 0 Å². The maximum atomic E-state index is 11.6. The lowest BCUT2D eigenvalue weighted by Crippen LogP contribution is -2.33. The minimum atomic E-state index is -2.31. The van der Waals surface area contributed by atoms with E-state index < -0.39 is 22.6 Å². The average Bonchev–Trinajstić information content (AvgIpc) is 2.82. The molecule has 0 saturated heterocycles. The molecular weight excluding hydrogens is 432 g/mol. The molecule has 1 aromatic carbocycles. The van der Waals surface area contributed by atoms with Crippen LogP contribution in [0, 0.1) is 0 Å². The molecule has 0 heterocycles. The second kappa shape index (κ2) is 21.8. The second-order valence-electron chi connectivity index (χ2n) is 9.30. The first-order chi connectivity index (χ1) is 16.1. The first-order valence-electron chi connectivity index (χ1n) is 13.5. The van der Waals surface area contributed by atoms with E-state index in [2.05, 4.69) is 6.92 Å². The van der Waals surface area contributed by atoms with Gasteiger partial charge in [0.05, 0.1) is 12.7 Å². The molecule has 1 rings (SSSR count). The van der Waals surface area contributed by atoms with Gasteiger partial charge in [-0.15, -0.1) is 0 Å². The number of benzene rings is 1. The summed E-state index contributed by atoms with van der Waals surface area (Å²) in [7, 11) is 0. The minimum absolute atomic E-state index is 0.387. The Morgan fingerprint density at radius 2 is 1.18 bits per heavy atom. The van der Waals surface area contributed by atoms with Gasteiger partial charge in [0.1, 0.15) is 5.44 Å². The molecule has 33 heavy (non-hydrogen) atoms. The highest BCUT2D eigenvalue weighted by Gasteiger charge is 2.19. The molecule has 5 heteroatoms. The van der Waals surface area contributed by atoms with Gasteiger partial charge in [0, 0.05) is 6.61 Å². The Morgan fingerprint density at radius 1 is 0.727 bits per heavy atom. The summed E-state index contributed by atoms with van der Waals surface area (Å²) in [6, 6.07) is 9.77. The molecule has 1 aromatic rings. The van der Waals surface area contributed by atoms with Gasteiger partial charge in [0.25, 0.3) is 0 Å². The minimum Gasteiger partial charge on any atom is -0.770 e. The molecule has 0 aliphatic rings. The normalized spacial score (nSPS) is 14.3. The Morgan fingerprint density at radius 3 is 1.64 bits per heavy atom. The van der Waals surface area contributed by atoms with Crippen molar-refractivity contribution in [3.05, 3.63) is 35.9 Å². The Bertz CT molecular complexity index is 566. The van der Waals surface area contributed by atoms with Crippen molar-refractivity contribution in [3.63, 3.8) is 0 Å². The lowest BCUT2D eigenvalue weighted by Gasteiger charge is -2.26. The number of hydrogen-bond acceptors (Lipinski definition) is 4. The largest absolute Gasteiger partial charge is 0.770 e. The SMILES string of the molecule is CCCCCCCCCCCCCCCCCCOC(C(C)OCc1ccccc1)S(=O)[O-]. The standard InChI is InChI=1S/C28H50O4S/c1-3-4-5-6-7-8-9-10-11-12-13-14-15-16-17-21-24-31-28(33(29)30)26(2)32-25-27-22-19-18-20-23-27/h18-20,22-23,26,28H,3-17,21,24-25H2,1-2H3,(H,29,30)/p-1. The van der Waals surface area contributed by atoms with Gasteiger partial charge in [-0.1, -0.05) is 134 Å². The lowest BCUT2D eigenvalue weighted by molar-refractivity contribution is -0.0366. The molecule has 3 atom stereocenters. The van der Waals surface area contributed by atoms with E-state index in [-0.39, 0.29) is 0 Å². The maximum Gasteiger partial charge on any atom is 0.145 e. The summed E-state index contributed by atoms with van der Waals surface area (Å²) in [4.78, 5) is 0. The van der Waals surface area contributed by atoms with Crippen LogP contribution >= 0.6 is 0 Å². The van der Waals surface area contributed by atoms with Crippen molar-refractivity contribution in [1.29, 1.82) is 0 Å². The number of rotatable bonds is 23. The van der Waals surface area contributed by atoms with E-state index >= 15 is 0 Å². The molecule has 3 unspecified atom stereocenters. The molecule has 0 aliphatic heterocycles. The highest BCUT2D eigenvalue weighted by atomic mass is 32.2. The molecule has 0 N–H and O–H groups in total. The van der Waals surface area contributed by atoms with Gasteiger partial charge in [-0.2, -0.15) is 0 Å². The van der Waals surface area contributed by atoms with Crippen LogP contribution in [0.4, 0.5) is 0 Å². The third kappa shape index (κ3) is 17.4. The predicted octanol–water partition coefficient (Wildman–Crippen LogP) is 8.08. The first-order valence-corrected chi connectivity index (χ1v) is 14.6. The van der Waals surface area contributed by atoms with E-state index in [0.29, 0.717) is 13.2 Å². The third-order valence-corrected chi connectivity index (χ3v) is 7.11. The fraction of sp³-hybridized carbons (Fsp3) is 0.786. The Kier molecular flexibility index (Phi) is 20.0. The van der Waals surface area contributed by atoms with Gasteiger partial charge in [-0.05, 0) is 30.0 Å². The van der Waals surface area contributed by atoms with Crippen molar-refractivity contribution in [2.75, 3.05) is 6.61 Å². The summed E-state index contributed by atoms with van der Waals surface area (Å²) in [6.45, 7) is 4.89. The monoisotopic (exact) mass is 481 g/mol. The highest BCUT2D eigenvalue weighted by Crippen LogP contribution is 2.15. The van der Waals surface area contributed by atoms with Crippen molar-refractivity contribution < 1.29 is 18.2 Å². The van der Waals surface area contributed by atoms with Crippen LogP contribution in [0.1, 0.15) is 122 Å². The maximum absolute atomic E-state index is 11.6. The molecule has 192 valence electrons. The van der Waals surface area contributed by atoms with E-state index in [0.717, 1.165) is 18.4 Å². The van der Waals surface area contributed by atoms with Crippen molar-refractivity contribution >= 4 is 11.1 Å². The van der Waals surface area contributed by atoms with E-state index in [9.17, 15) is 8.76 Å². The van der Waals surface area contributed by atoms with Gasteiger partial charge in [-0.3, -0.25) is 4.21 Å². The number of ether oxygens (including phenoxy) is 2. The fourth-order valence-corrected chi connectivity index (χ4v) is 4.68. The molecule has 0 spiro atoms.